The first-order chi connectivity index (χ1) is 8.48. The number of sulfone groups is 1. The van der Waals surface area contributed by atoms with Gasteiger partial charge < -0.3 is 5.32 Å². The van der Waals surface area contributed by atoms with Crippen molar-refractivity contribution in [2.24, 2.45) is 0 Å². The Morgan fingerprint density at radius 1 is 1.17 bits per heavy atom. The highest BCUT2D eigenvalue weighted by Gasteiger charge is 2.30. The van der Waals surface area contributed by atoms with E-state index in [4.69, 9.17) is 0 Å². The van der Waals surface area contributed by atoms with Crippen LogP contribution in [0.1, 0.15) is 16.8 Å². The Kier molecular flexibility index (Phi) is 3.47. The quantitative estimate of drug-likeness (QED) is 0.625. The normalized spacial score (nSPS) is 21.4. The molecule has 1 aromatic rings. The average molecular weight is 267 g/mol. The largest absolute Gasteiger partial charge is 0.345 e. The lowest BCUT2D eigenvalue weighted by Gasteiger charge is -2.09. The van der Waals surface area contributed by atoms with Crippen LogP contribution in [0.15, 0.2) is 30.3 Å². The van der Waals surface area contributed by atoms with Crippen LogP contribution >= 0.6 is 0 Å². The van der Waals surface area contributed by atoms with Crippen molar-refractivity contribution in [2.75, 3.05) is 11.5 Å². The lowest BCUT2D eigenvalue weighted by molar-refractivity contribution is -0.117. The van der Waals surface area contributed by atoms with Crippen molar-refractivity contribution in [1.29, 1.82) is 0 Å². The summed E-state index contributed by atoms with van der Waals surface area (Å²) in [6, 6.07) is 7.73. The molecule has 18 heavy (non-hydrogen) atoms. The van der Waals surface area contributed by atoms with Crippen molar-refractivity contribution in [3.63, 3.8) is 0 Å². The van der Waals surface area contributed by atoms with Gasteiger partial charge in [0.15, 0.2) is 9.84 Å². The number of rotatable bonds is 3. The molecule has 0 radical (unpaired) electrons. The van der Waals surface area contributed by atoms with E-state index in [0.717, 1.165) is 0 Å². The minimum atomic E-state index is -3.06. The summed E-state index contributed by atoms with van der Waals surface area (Å²) in [5.41, 5.74) is 0.302. The first-order valence-electron chi connectivity index (χ1n) is 5.58. The monoisotopic (exact) mass is 267 g/mol. The smallest absolute Gasteiger partial charge is 0.292 e. The Bertz CT molecular complexity index is 565. The van der Waals surface area contributed by atoms with Crippen LogP contribution in [0, 0.1) is 0 Å². The number of carbonyl (C=O) groups excluding carboxylic acids is 2. The van der Waals surface area contributed by atoms with Crippen LogP contribution in [0.5, 0.6) is 0 Å². The summed E-state index contributed by atoms with van der Waals surface area (Å²) in [5, 5.41) is 2.47. The minimum absolute atomic E-state index is 0.0669. The Morgan fingerprint density at radius 3 is 2.39 bits per heavy atom. The van der Waals surface area contributed by atoms with Gasteiger partial charge >= 0.3 is 0 Å². The zero-order valence-electron chi connectivity index (χ0n) is 9.63. The van der Waals surface area contributed by atoms with E-state index >= 15 is 0 Å². The Hall–Kier alpha value is -1.69. The highest BCUT2D eigenvalue weighted by atomic mass is 32.2. The van der Waals surface area contributed by atoms with Gasteiger partial charge in [-0.25, -0.2) is 8.42 Å². The summed E-state index contributed by atoms with van der Waals surface area (Å²) in [7, 11) is -3.06. The maximum atomic E-state index is 11.7. The number of hydrogen-bond acceptors (Lipinski definition) is 4. The zero-order chi connectivity index (χ0) is 13.2. The molecule has 5 nitrogen and oxygen atoms in total. The van der Waals surface area contributed by atoms with Crippen molar-refractivity contribution in [3.8, 4) is 0 Å². The molecule has 1 amide bonds. The number of benzene rings is 1. The van der Waals surface area contributed by atoms with E-state index in [1.54, 1.807) is 30.3 Å². The van der Waals surface area contributed by atoms with Gasteiger partial charge in [0.05, 0.1) is 11.5 Å². The van der Waals surface area contributed by atoms with Gasteiger partial charge in [-0.1, -0.05) is 30.3 Å². The predicted molar refractivity (Wildman–Crippen MR) is 66.0 cm³/mol. The molecule has 1 N–H and O–H groups in total. The summed E-state index contributed by atoms with van der Waals surface area (Å²) < 4.78 is 22.5. The van der Waals surface area contributed by atoms with Crippen molar-refractivity contribution in [3.05, 3.63) is 35.9 Å². The van der Waals surface area contributed by atoms with E-state index in [1.165, 1.54) is 0 Å². The molecule has 0 aromatic heterocycles. The molecule has 0 saturated carbocycles. The van der Waals surface area contributed by atoms with E-state index in [-0.39, 0.29) is 11.5 Å². The fourth-order valence-corrected chi connectivity index (χ4v) is 3.55. The summed E-state index contributed by atoms with van der Waals surface area (Å²) in [5.74, 6) is -1.40. The van der Waals surface area contributed by atoms with Crippen molar-refractivity contribution >= 4 is 21.5 Å². The lowest BCUT2D eigenvalue weighted by Crippen LogP contribution is -2.39. The number of nitrogens with one attached hydrogen (secondary N) is 1. The molecule has 1 aromatic carbocycles. The second-order valence-electron chi connectivity index (χ2n) is 4.27. The molecule has 1 unspecified atom stereocenters. The highest BCUT2D eigenvalue weighted by molar-refractivity contribution is 7.91. The molecular weight excluding hydrogens is 254 g/mol. The van der Waals surface area contributed by atoms with E-state index < -0.39 is 27.6 Å². The fourth-order valence-electron chi connectivity index (χ4n) is 1.88. The third kappa shape index (κ3) is 2.95. The molecule has 1 fully saturated rings. The topological polar surface area (TPSA) is 80.3 Å². The molecule has 1 atom stereocenters. The lowest BCUT2D eigenvalue weighted by atomic mass is 10.1. The fraction of sp³-hybridized carbons (Fsp3) is 0.333. The highest BCUT2D eigenvalue weighted by Crippen LogP contribution is 2.11. The van der Waals surface area contributed by atoms with E-state index in [9.17, 15) is 18.0 Å². The Labute approximate surface area is 105 Å². The summed E-state index contributed by atoms with van der Waals surface area (Å²) >= 11 is 0. The molecule has 96 valence electrons. The van der Waals surface area contributed by atoms with Gasteiger partial charge in [-0.2, -0.15) is 0 Å². The van der Waals surface area contributed by atoms with Crippen molar-refractivity contribution < 1.29 is 18.0 Å². The third-order valence-corrected chi connectivity index (χ3v) is 4.58. The Balaban J connectivity index is 1.99. The first-order valence-corrected chi connectivity index (χ1v) is 7.41. The van der Waals surface area contributed by atoms with Crippen LogP contribution in [0.4, 0.5) is 0 Å². The van der Waals surface area contributed by atoms with Crippen molar-refractivity contribution in [1.82, 2.24) is 5.32 Å². The molecule has 0 aliphatic carbocycles. The second-order valence-corrected chi connectivity index (χ2v) is 6.50. The van der Waals surface area contributed by atoms with Gasteiger partial charge in [0.2, 0.25) is 5.78 Å². The van der Waals surface area contributed by atoms with Gasteiger partial charge in [0, 0.05) is 11.6 Å². The van der Waals surface area contributed by atoms with Crippen LogP contribution in [-0.2, 0) is 14.6 Å². The number of ketones is 1. The summed E-state index contributed by atoms with van der Waals surface area (Å²) in [4.78, 5) is 23.4. The van der Waals surface area contributed by atoms with Crippen LogP contribution in [-0.4, -0.2) is 37.7 Å². The maximum Gasteiger partial charge on any atom is 0.292 e. The van der Waals surface area contributed by atoms with E-state index in [2.05, 4.69) is 5.32 Å². The molecule has 1 aliphatic rings. The van der Waals surface area contributed by atoms with Crippen LogP contribution in [0.3, 0.4) is 0 Å². The number of hydrogen-bond donors (Lipinski definition) is 1. The molecule has 0 spiro atoms. The van der Waals surface area contributed by atoms with Gasteiger partial charge in [0.25, 0.3) is 5.91 Å². The molecule has 1 saturated heterocycles. The van der Waals surface area contributed by atoms with Gasteiger partial charge in [-0.3, -0.25) is 9.59 Å². The molecule has 1 aliphatic heterocycles. The van der Waals surface area contributed by atoms with Crippen LogP contribution < -0.4 is 5.32 Å². The zero-order valence-corrected chi connectivity index (χ0v) is 10.4. The number of Topliss-reactive ketones (excluding diaryl/α,β-unsaturated/α-hetero) is 1. The number of carbonyl (C=O) groups is 2. The van der Waals surface area contributed by atoms with Crippen molar-refractivity contribution in [2.45, 2.75) is 12.5 Å². The molecule has 6 heteroatoms. The van der Waals surface area contributed by atoms with Gasteiger partial charge in [-0.05, 0) is 6.42 Å². The molecule has 0 bridgehead atoms. The molecular formula is C12H13NO4S. The minimum Gasteiger partial charge on any atom is -0.345 e. The van der Waals surface area contributed by atoms with Gasteiger partial charge in [0.1, 0.15) is 0 Å². The predicted octanol–water partition coefficient (Wildman–Crippen LogP) is 0.173. The number of amides is 1. The average Bonchev–Trinajstić information content (AvgIpc) is 2.68. The van der Waals surface area contributed by atoms with Crippen LogP contribution in [0.2, 0.25) is 0 Å². The molecule has 1 heterocycles. The Morgan fingerprint density at radius 2 is 1.83 bits per heavy atom. The maximum absolute atomic E-state index is 11.7. The van der Waals surface area contributed by atoms with E-state index in [1.807, 2.05) is 0 Å². The molecule has 2 rings (SSSR count). The summed E-state index contributed by atoms with van der Waals surface area (Å²) in [6.45, 7) is 0. The first kappa shape index (κ1) is 12.8. The second kappa shape index (κ2) is 4.89. The SMILES string of the molecule is O=C(NC1CCS(=O)(=O)C1)C(=O)c1ccccc1. The standard InChI is InChI=1S/C12H13NO4S/c14-11(9-4-2-1-3-5-9)12(15)13-10-6-7-18(16,17)8-10/h1-5,10H,6-8H2,(H,13,15). The summed E-state index contributed by atoms with van der Waals surface area (Å²) in [6.07, 6.45) is 0.371. The van der Waals surface area contributed by atoms with E-state index in [0.29, 0.717) is 12.0 Å². The third-order valence-electron chi connectivity index (χ3n) is 2.81. The van der Waals surface area contributed by atoms with Crippen LogP contribution in [0.25, 0.3) is 0 Å². The van der Waals surface area contributed by atoms with Gasteiger partial charge in [-0.15, -0.1) is 0 Å².